The van der Waals surface area contributed by atoms with Crippen LogP contribution >= 0.6 is 12.4 Å². The molecule has 2 N–H and O–H groups in total. The lowest BCUT2D eigenvalue weighted by atomic mass is 9.96. The average Bonchev–Trinajstić information content (AvgIpc) is 2.50. The van der Waals surface area contributed by atoms with E-state index >= 15 is 0 Å². The highest BCUT2D eigenvalue weighted by molar-refractivity contribution is 5.85. The first-order chi connectivity index (χ1) is 10.6. The summed E-state index contributed by atoms with van der Waals surface area (Å²) in [7, 11) is 0. The van der Waals surface area contributed by atoms with Crippen molar-refractivity contribution in [1.82, 2.24) is 15.2 Å². The predicted octanol–water partition coefficient (Wildman–Crippen LogP) is 0.684. The molecular formula is C14H21ClN4O4. The van der Waals surface area contributed by atoms with Crippen LogP contribution in [-0.2, 0) is 11.3 Å². The van der Waals surface area contributed by atoms with Crippen molar-refractivity contribution >= 4 is 24.0 Å². The van der Waals surface area contributed by atoms with E-state index < -0.39 is 10.5 Å². The number of carbonyl (C=O) groups excluding carboxylic acids is 1. The van der Waals surface area contributed by atoms with Crippen LogP contribution in [0.4, 0.5) is 5.69 Å². The number of pyridine rings is 1. The molecule has 8 nitrogen and oxygen atoms in total. The van der Waals surface area contributed by atoms with Crippen molar-refractivity contribution in [3.8, 4) is 0 Å². The molecule has 0 radical (unpaired) electrons. The Balaban J connectivity index is 0.00000264. The minimum atomic E-state index is -0.593. The van der Waals surface area contributed by atoms with Crippen LogP contribution in [0.5, 0.6) is 0 Å². The van der Waals surface area contributed by atoms with Gasteiger partial charge < -0.3 is 10.6 Å². The topological polar surface area (TPSA) is 106 Å². The second-order valence-electron chi connectivity index (χ2n) is 5.46. The molecule has 0 aliphatic carbocycles. The molecule has 1 fully saturated rings. The third kappa shape index (κ3) is 5.99. The minimum Gasteiger partial charge on any atom is -0.355 e. The zero-order valence-corrected chi connectivity index (χ0v) is 13.5. The molecule has 1 aromatic rings. The van der Waals surface area contributed by atoms with E-state index in [1.54, 1.807) is 0 Å². The van der Waals surface area contributed by atoms with Crippen LogP contribution in [0, 0.1) is 16.0 Å². The van der Waals surface area contributed by atoms with E-state index in [0.717, 1.165) is 55.2 Å². The summed E-state index contributed by atoms with van der Waals surface area (Å²) in [5.74, 6) is 0.251. The molecule has 1 saturated heterocycles. The first-order valence-electron chi connectivity index (χ1n) is 7.38. The Morgan fingerprint density at radius 2 is 2.26 bits per heavy atom. The van der Waals surface area contributed by atoms with E-state index in [-0.39, 0.29) is 30.5 Å². The summed E-state index contributed by atoms with van der Waals surface area (Å²) in [5.41, 5.74) is -0.641. The molecule has 128 valence electrons. The van der Waals surface area contributed by atoms with Crippen LogP contribution in [-0.4, -0.2) is 35.0 Å². The zero-order valence-electron chi connectivity index (χ0n) is 12.7. The van der Waals surface area contributed by atoms with Gasteiger partial charge in [-0.1, -0.05) is 0 Å². The van der Waals surface area contributed by atoms with Crippen LogP contribution in [0.15, 0.2) is 23.1 Å². The average molecular weight is 345 g/mol. The first kappa shape index (κ1) is 19.1. The maximum atomic E-state index is 11.8. The molecule has 0 bridgehead atoms. The Kier molecular flexibility index (Phi) is 7.70. The van der Waals surface area contributed by atoms with E-state index in [2.05, 4.69) is 10.6 Å². The van der Waals surface area contributed by atoms with Crippen molar-refractivity contribution in [2.45, 2.75) is 25.8 Å². The molecule has 1 aromatic heterocycles. The summed E-state index contributed by atoms with van der Waals surface area (Å²) in [6, 6.07) is 2.23. The number of aromatic nitrogens is 1. The van der Waals surface area contributed by atoms with Gasteiger partial charge in [0, 0.05) is 18.7 Å². The monoisotopic (exact) mass is 344 g/mol. The molecule has 0 spiro atoms. The molecule has 0 saturated carbocycles. The molecular weight excluding hydrogens is 324 g/mol. The lowest BCUT2D eigenvalue weighted by molar-refractivity contribution is -0.385. The summed E-state index contributed by atoms with van der Waals surface area (Å²) in [4.78, 5) is 33.5. The molecule has 1 aliphatic heterocycles. The molecule has 23 heavy (non-hydrogen) atoms. The molecule has 9 heteroatoms. The van der Waals surface area contributed by atoms with E-state index in [9.17, 15) is 19.7 Å². The van der Waals surface area contributed by atoms with Crippen molar-refractivity contribution in [3.63, 3.8) is 0 Å². The van der Waals surface area contributed by atoms with Crippen molar-refractivity contribution in [3.05, 3.63) is 38.8 Å². The smallest absolute Gasteiger partial charge is 0.285 e. The Morgan fingerprint density at radius 1 is 1.48 bits per heavy atom. The molecule has 2 heterocycles. The Morgan fingerprint density at radius 3 is 2.91 bits per heavy atom. The van der Waals surface area contributed by atoms with Gasteiger partial charge in [0.15, 0.2) is 0 Å². The van der Waals surface area contributed by atoms with Gasteiger partial charge in [0.05, 0.1) is 11.1 Å². The van der Waals surface area contributed by atoms with Gasteiger partial charge in [-0.05, 0) is 38.3 Å². The lowest BCUT2D eigenvalue weighted by Gasteiger charge is -2.22. The third-order valence-electron chi connectivity index (χ3n) is 3.77. The van der Waals surface area contributed by atoms with Gasteiger partial charge in [-0.2, -0.15) is 0 Å². The molecule has 0 aromatic carbocycles. The summed E-state index contributed by atoms with van der Waals surface area (Å²) in [6.07, 6.45) is 4.30. The standard InChI is InChI=1S/C14H20N4O4.ClH/c19-13(16-7-5-11-2-1-6-15-8-11)10-17-9-12(18(21)22)3-4-14(17)20;/h3-4,9,11,15H,1-2,5-8,10H2,(H,16,19);1H. The molecule has 1 amide bonds. The highest BCUT2D eigenvalue weighted by Gasteiger charge is 2.14. The third-order valence-corrected chi connectivity index (χ3v) is 3.77. The fourth-order valence-corrected chi connectivity index (χ4v) is 2.55. The number of piperidine rings is 1. The second-order valence-corrected chi connectivity index (χ2v) is 5.46. The number of hydrogen-bond acceptors (Lipinski definition) is 5. The SMILES string of the molecule is Cl.O=C(Cn1cc([N+](=O)[O-])ccc1=O)NCCC1CCCNC1. The number of hydrogen-bond donors (Lipinski definition) is 2. The molecule has 1 aliphatic rings. The number of carbonyl (C=O) groups is 1. The number of halogens is 1. The van der Waals surface area contributed by atoms with Crippen LogP contribution in [0.25, 0.3) is 0 Å². The van der Waals surface area contributed by atoms with Gasteiger partial charge in [0.2, 0.25) is 5.91 Å². The normalized spacial score (nSPS) is 17.1. The first-order valence-corrected chi connectivity index (χ1v) is 7.38. The minimum absolute atomic E-state index is 0. The van der Waals surface area contributed by atoms with Gasteiger partial charge in [-0.15, -0.1) is 12.4 Å². The number of nitrogens with one attached hydrogen (secondary N) is 2. The maximum Gasteiger partial charge on any atom is 0.285 e. The van der Waals surface area contributed by atoms with E-state index in [4.69, 9.17) is 0 Å². The quantitative estimate of drug-likeness (QED) is 0.583. The van der Waals surface area contributed by atoms with Crippen molar-refractivity contribution in [1.29, 1.82) is 0 Å². The summed E-state index contributed by atoms with van der Waals surface area (Å²) < 4.78 is 1.05. The van der Waals surface area contributed by atoms with Gasteiger partial charge in [0.1, 0.15) is 6.54 Å². The van der Waals surface area contributed by atoms with Crippen molar-refractivity contribution < 1.29 is 9.72 Å². The fraction of sp³-hybridized carbons (Fsp3) is 0.571. The largest absolute Gasteiger partial charge is 0.355 e. The van der Waals surface area contributed by atoms with Gasteiger partial charge >= 0.3 is 0 Å². The van der Waals surface area contributed by atoms with Crippen molar-refractivity contribution in [2.24, 2.45) is 5.92 Å². The Bertz CT molecular complexity index is 599. The fourth-order valence-electron chi connectivity index (χ4n) is 2.55. The maximum absolute atomic E-state index is 11.8. The number of rotatable bonds is 6. The second kappa shape index (κ2) is 9.26. The summed E-state index contributed by atoms with van der Waals surface area (Å²) >= 11 is 0. The lowest BCUT2D eigenvalue weighted by Crippen LogP contribution is -2.35. The molecule has 1 atom stereocenters. The van der Waals surface area contributed by atoms with Gasteiger partial charge in [-0.25, -0.2) is 0 Å². The predicted molar refractivity (Wildman–Crippen MR) is 87.8 cm³/mol. The highest BCUT2D eigenvalue weighted by Crippen LogP contribution is 2.12. The van der Waals surface area contributed by atoms with Gasteiger partial charge in [-0.3, -0.25) is 24.3 Å². The summed E-state index contributed by atoms with van der Waals surface area (Å²) in [6.45, 7) is 2.37. The van der Waals surface area contributed by atoms with E-state index in [1.807, 2.05) is 0 Å². The molecule has 1 unspecified atom stereocenters. The highest BCUT2D eigenvalue weighted by atomic mass is 35.5. The van der Waals surface area contributed by atoms with Crippen LogP contribution in [0.2, 0.25) is 0 Å². The van der Waals surface area contributed by atoms with E-state index in [1.165, 1.54) is 0 Å². The number of amides is 1. The van der Waals surface area contributed by atoms with Crippen LogP contribution < -0.4 is 16.2 Å². The summed E-state index contributed by atoms with van der Waals surface area (Å²) in [5, 5.41) is 16.8. The van der Waals surface area contributed by atoms with Crippen molar-refractivity contribution in [2.75, 3.05) is 19.6 Å². The van der Waals surface area contributed by atoms with E-state index in [0.29, 0.717) is 12.5 Å². The Hall–Kier alpha value is -1.93. The molecule has 2 rings (SSSR count). The van der Waals surface area contributed by atoms with Crippen LogP contribution in [0.1, 0.15) is 19.3 Å². The Labute approximate surface area is 139 Å². The van der Waals surface area contributed by atoms with Crippen LogP contribution in [0.3, 0.4) is 0 Å². The number of nitro groups is 1. The number of nitrogens with zero attached hydrogens (tertiary/aromatic N) is 2. The van der Waals surface area contributed by atoms with Gasteiger partial charge in [0.25, 0.3) is 11.2 Å². The zero-order chi connectivity index (χ0) is 15.9.